The molecule has 32 heavy (non-hydrogen) atoms. The summed E-state index contributed by atoms with van der Waals surface area (Å²) in [5.41, 5.74) is 1.73. The predicted molar refractivity (Wildman–Crippen MR) is 122 cm³/mol. The van der Waals surface area contributed by atoms with Crippen molar-refractivity contribution in [1.82, 2.24) is 10.2 Å². The fourth-order valence-corrected chi connectivity index (χ4v) is 3.24. The van der Waals surface area contributed by atoms with Gasteiger partial charge in [-0.3, -0.25) is 9.69 Å². The van der Waals surface area contributed by atoms with Gasteiger partial charge in [-0.25, -0.2) is 9.59 Å². The van der Waals surface area contributed by atoms with Crippen LogP contribution >= 0.6 is 0 Å². The molecule has 0 aliphatic carbocycles. The summed E-state index contributed by atoms with van der Waals surface area (Å²) in [6.07, 6.45) is 0.333. The van der Waals surface area contributed by atoms with E-state index in [1.54, 1.807) is 0 Å². The van der Waals surface area contributed by atoms with Crippen molar-refractivity contribution in [3.8, 4) is 0 Å². The summed E-state index contributed by atoms with van der Waals surface area (Å²) in [6.45, 7) is 3.90. The highest BCUT2D eigenvalue weighted by molar-refractivity contribution is 5.90. The Hall–Kier alpha value is -3.35. The number of amides is 2. The number of ether oxygens (including phenoxy) is 2. The third kappa shape index (κ3) is 7.11. The topological polar surface area (TPSA) is 84.9 Å². The summed E-state index contributed by atoms with van der Waals surface area (Å²) >= 11 is 0. The summed E-state index contributed by atoms with van der Waals surface area (Å²) in [7, 11) is 2.81. The molecule has 2 aromatic rings. The molecule has 172 valence electrons. The third-order valence-corrected chi connectivity index (χ3v) is 5.50. The summed E-state index contributed by atoms with van der Waals surface area (Å²) in [6, 6.07) is 17.0. The second kappa shape index (κ2) is 12.5. The highest BCUT2D eigenvalue weighted by Crippen LogP contribution is 2.14. The first-order valence-corrected chi connectivity index (χ1v) is 10.7. The van der Waals surface area contributed by atoms with Crippen LogP contribution in [0, 0.1) is 5.92 Å². The lowest BCUT2D eigenvalue weighted by molar-refractivity contribution is -0.147. The van der Waals surface area contributed by atoms with Gasteiger partial charge in [-0.15, -0.1) is 0 Å². The van der Waals surface area contributed by atoms with Gasteiger partial charge in [-0.05, 0) is 17.0 Å². The van der Waals surface area contributed by atoms with Gasteiger partial charge in [0.05, 0.1) is 7.11 Å². The molecule has 0 saturated heterocycles. The molecule has 0 aliphatic rings. The highest BCUT2D eigenvalue weighted by atomic mass is 16.6. The fourth-order valence-electron chi connectivity index (χ4n) is 3.24. The van der Waals surface area contributed by atoms with Crippen LogP contribution in [0.1, 0.15) is 31.4 Å². The van der Waals surface area contributed by atoms with Crippen molar-refractivity contribution in [3.63, 3.8) is 0 Å². The van der Waals surface area contributed by atoms with Crippen molar-refractivity contribution in [2.45, 2.75) is 45.4 Å². The number of methoxy groups -OCH3 is 1. The van der Waals surface area contributed by atoms with Gasteiger partial charge in [-0.2, -0.15) is 0 Å². The van der Waals surface area contributed by atoms with Gasteiger partial charge in [-0.1, -0.05) is 80.9 Å². The zero-order chi connectivity index (χ0) is 23.5. The molecule has 0 spiro atoms. The fraction of sp³-hybridized carbons (Fsp3) is 0.400. The Labute approximate surface area is 189 Å². The van der Waals surface area contributed by atoms with Crippen LogP contribution in [0.5, 0.6) is 0 Å². The average Bonchev–Trinajstić information content (AvgIpc) is 2.84. The molecule has 0 saturated carbocycles. The Morgan fingerprint density at radius 1 is 0.969 bits per heavy atom. The van der Waals surface area contributed by atoms with E-state index in [1.165, 1.54) is 19.1 Å². The third-order valence-electron chi connectivity index (χ3n) is 5.50. The molecule has 0 bridgehead atoms. The van der Waals surface area contributed by atoms with Crippen LogP contribution in [0.3, 0.4) is 0 Å². The number of esters is 1. The van der Waals surface area contributed by atoms with Gasteiger partial charge in [0.1, 0.15) is 18.7 Å². The number of carbonyl (C=O) groups is 3. The van der Waals surface area contributed by atoms with Gasteiger partial charge < -0.3 is 14.8 Å². The molecule has 0 heterocycles. The van der Waals surface area contributed by atoms with Crippen LogP contribution in [0.25, 0.3) is 0 Å². The van der Waals surface area contributed by atoms with Crippen molar-refractivity contribution < 1.29 is 23.9 Å². The highest BCUT2D eigenvalue weighted by Gasteiger charge is 2.33. The van der Waals surface area contributed by atoms with Crippen LogP contribution in [0.4, 0.5) is 4.79 Å². The largest absolute Gasteiger partial charge is 0.467 e. The number of benzene rings is 2. The molecule has 0 unspecified atom stereocenters. The average molecular weight is 441 g/mol. The molecule has 2 aromatic carbocycles. The smallest absolute Gasteiger partial charge is 0.410 e. The molecular weight excluding hydrogens is 408 g/mol. The zero-order valence-corrected chi connectivity index (χ0v) is 19.1. The van der Waals surface area contributed by atoms with E-state index in [2.05, 4.69) is 5.32 Å². The monoisotopic (exact) mass is 440 g/mol. The van der Waals surface area contributed by atoms with E-state index >= 15 is 0 Å². The molecule has 1 N–H and O–H groups in total. The number of hydrogen-bond acceptors (Lipinski definition) is 5. The Balaban J connectivity index is 2.18. The van der Waals surface area contributed by atoms with E-state index in [0.717, 1.165) is 11.1 Å². The number of hydrogen-bond donors (Lipinski definition) is 1. The minimum absolute atomic E-state index is 0.0986. The lowest BCUT2D eigenvalue weighted by Crippen LogP contribution is -2.54. The molecule has 7 heteroatoms. The van der Waals surface area contributed by atoms with Gasteiger partial charge in [0.25, 0.3) is 0 Å². The van der Waals surface area contributed by atoms with E-state index < -0.39 is 30.1 Å². The molecule has 2 rings (SSSR count). The molecule has 3 atom stereocenters. The van der Waals surface area contributed by atoms with Crippen molar-refractivity contribution >= 4 is 18.0 Å². The maximum atomic E-state index is 13.3. The van der Waals surface area contributed by atoms with Crippen molar-refractivity contribution in [3.05, 3.63) is 71.8 Å². The van der Waals surface area contributed by atoms with Crippen LogP contribution in [-0.4, -0.2) is 49.1 Å². The quantitative estimate of drug-likeness (QED) is 0.571. The predicted octanol–water partition coefficient (Wildman–Crippen LogP) is 3.57. The van der Waals surface area contributed by atoms with Crippen LogP contribution < -0.4 is 5.32 Å². The minimum Gasteiger partial charge on any atom is -0.467 e. The number of rotatable bonds is 10. The first-order valence-electron chi connectivity index (χ1n) is 10.7. The Morgan fingerprint density at radius 2 is 1.53 bits per heavy atom. The Kier molecular flexibility index (Phi) is 9.73. The van der Waals surface area contributed by atoms with Crippen LogP contribution in [-0.2, 0) is 32.1 Å². The maximum absolute atomic E-state index is 13.3. The normalized spacial score (nSPS) is 13.4. The van der Waals surface area contributed by atoms with Gasteiger partial charge in [0.2, 0.25) is 5.91 Å². The first kappa shape index (κ1) is 24.9. The van der Waals surface area contributed by atoms with E-state index in [9.17, 15) is 14.4 Å². The standard InChI is InChI=1S/C25H32N2O5/c1-5-18(2)22(24(29)31-4)26-23(28)21(16-19-12-8-6-9-13-19)27(3)25(30)32-17-20-14-10-7-11-15-20/h6-15,18,21-22H,5,16-17H2,1-4H3,(H,26,28)/t18-,21-,22-/m0/s1. The van der Waals surface area contributed by atoms with Crippen LogP contribution in [0.2, 0.25) is 0 Å². The first-order chi connectivity index (χ1) is 15.4. The molecular formula is C25H32N2O5. The molecule has 0 radical (unpaired) electrons. The molecule has 2 amide bonds. The molecule has 0 aromatic heterocycles. The van der Waals surface area contributed by atoms with E-state index in [0.29, 0.717) is 6.42 Å². The minimum atomic E-state index is -0.864. The lowest BCUT2D eigenvalue weighted by atomic mass is 9.98. The van der Waals surface area contributed by atoms with Gasteiger partial charge >= 0.3 is 12.1 Å². The van der Waals surface area contributed by atoms with Crippen molar-refractivity contribution in [2.75, 3.05) is 14.2 Å². The number of nitrogens with one attached hydrogen (secondary N) is 1. The van der Waals surface area contributed by atoms with Crippen molar-refractivity contribution in [1.29, 1.82) is 0 Å². The molecule has 7 nitrogen and oxygen atoms in total. The van der Waals surface area contributed by atoms with E-state index in [1.807, 2.05) is 74.5 Å². The summed E-state index contributed by atoms with van der Waals surface area (Å²) in [5.74, 6) is -1.08. The second-order valence-corrected chi connectivity index (χ2v) is 7.75. The van der Waals surface area contributed by atoms with Crippen LogP contribution in [0.15, 0.2) is 60.7 Å². The number of likely N-dealkylation sites (N-methyl/N-ethyl adjacent to an activating group) is 1. The molecule has 0 fully saturated rings. The maximum Gasteiger partial charge on any atom is 0.410 e. The lowest BCUT2D eigenvalue weighted by Gasteiger charge is -2.29. The Morgan fingerprint density at radius 3 is 2.06 bits per heavy atom. The second-order valence-electron chi connectivity index (χ2n) is 7.75. The number of nitrogens with zero attached hydrogens (tertiary/aromatic N) is 1. The van der Waals surface area contributed by atoms with E-state index in [-0.39, 0.29) is 18.9 Å². The summed E-state index contributed by atoms with van der Waals surface area (Å²) < 4.78 is 10.3. The van der Waals surface area contributed by atoms with Crippen molar-refractivity contribution in [2.24, 2.45) is 5.92 Å². The van der Waals surface area contributed by atoms with Gasteiger partial charge in [0.15, 0.2) is 0 Å². The SMILES string of the molecule is CC[C@H](C)[C@H](NC(=O)[C@H](Cc1ccccc1)N(C)C(=O)OCc1ccccc1)C(=O)OC. The number of carbonyl (C=O) groups excluding carboxylic acids is 3. The molecule has 0 aliphatic heterocycles. The summed E-state index contributed by atoms with van der Waals surface area (Å²) in [4.78, 5) is 39.5. The van der Waals surface area contributed by atoms with Gasteiger partial charge in [0, 0.05) is 13.5 Å². The Bertz CT molecular complexity index is 872. The van der Waals surface area contributed by atoms with E-state index in [4.69, 9.17) is 9.47 Å². The zero-order valence-electron chi connectivity index (χ0n) is 19.1. The summed E-state index contributed by atoms with van der Waals surface area (Å²) in [5, 5.41) is 2.79.